The van der Waals surface area contributed by atoms with E-state index in [2.05, 4.69) is 18.3 Å². The van der Waals surface area contributed by atoms with E-state index in [1.54, 1.807) is 17.4 Å². The molecule has 0 bridgehead atoms. The Bertz CT molecular complexity index is 1080. The smallest absolute Gasteiger partial charge is 0.163 e. The van der Waals surface area contributed by atoms with Gasteiger partial charge < -0.3 is 5.32 Å². The lowest BCUT2D eigenvalue weighted by atomic mass is 10.2. The van der Waals surface area contributed by atoms with Crippen molar-refractivity contribution in [1.29, 1.82) is 0 Å². The molecule has 0 spiro atoms. The molecule has 0 aliphatic heterocycles. The monoisotopic (exact) mass is 399 g/mol. The van der Waals surface area contributed by atoms with Gasteiger partial charge >= 0.3 is 0 Å². The van der Waals surface area contributed by atoms with E-state index in [0.717, 1.165) is 27.2 Å². The quantitative estimate of drug-likeness (QED) is 0.420. The van der Waals surface area contributed by atoms with Crippen molar-refractivity contribution in [2.24, 2.45) is 0 Å². The lowest BCUT2D eigenvalue weighted by Gasteiger charge is -2.10. The number of anilines is 1. The summed E-state index contributed by atoms with van der Waals surface area (Å²) >= 11 is 13.9. The summed E-state index contributed by atoms with van der Waals surface area (Å²) in [5, 5.41) is 5.71. The molecule has 4 rings (SSSR count). The number of hydrogen-bond acceptors (Lipinski definition) is 4. The number of aryl methyl sites for hydroxylation is 1. The number of aromatic nitrogens is 2. The molecule has 2 aromatic carbocycles. The second kappa shape index (κ2) is 7.23. The van der Waals surface area contributed by atoms with Crippen LogP contribution in [0.15, 0.2) is 54.6 Å². The zero-order chi connectivity index (χ0) is 18.1. The summed E-state index contributed by atoms with van der Waals surface area (Å²) in [6.45, 7) is 2.64. The zero-order valence-corrected chi connectivity index (χ0v) is 16.3. The third kappa shape index (κ3) is 3.54. The molecule has 0 saturated carbocycles. The van der Waals surface area contributed by atoms with Crippen LogP contribution in [0.2, 0.25) is 10.0 Å². The maximum Gasteiger partial charge on any atom is 0.163 e. The fourth-order valence-electron chi connectivity index (χ4n) is 2.74. The van der Waals surface area contributed by atoms with Crippen LogP contribution in [0, 0.1) is 6.92 Å². The fraction of sp³-hybridized carbons (Fsp3) is 0.100. The SMILES string of the molecule is Cc1cc2c(NCc3ccc(Cl)cc3Cl)nc(-c3ccccc3)nc2s1. The van der Waals surface area contributed by atoms with Crippen molar-refractivity contribution in [3.63, 3.8) is 0 Å². The number of halogens is 2. The van der Waals surface area contributed by atoms with Crippen LogP contribution in [0.3, 0.4) is 0 Å². The van der Waals surface area contributed by atoms with Gasteiger partial charge in [-0.2, -0.15) is 0 Å². The Morgan fingerprint density at radius 3 is 2.58 bits per heavy atom. The highest BCUT2D eigenvalue weighted by atomic mass is 35.5. The Morgan fingerprint density at radius 2 is 1.81 bits per heavy atom. The first-order valence-electron chi connectivity index (χ1n) is 8.11. The van der Waals surface area contributed by atoms with Crippen LogP contribution in [0.4, 0.5) is 5.82 Å². The van der Waals surface area contributed by atoms with Gasteiger partial charge in [0.2, 0.25) is 0 Å². The van der Waals surface area contributed by atoms with E-state index >= 15 is 0 Å². The Hall–Kier alpha value is -2.14. The number of hydrogen-bond donors (Lipinski definition) is 1. The van der Waals surface area contributed by atoms with Crippen molar-refractivity contribution in [1.82, 2.24) is 9.97 Å². The van der Waals surface area contributed by atoms with E-state index in [-0.39, 0.29) is 0 Å². The molecule has 3 nitrogen and oxygen atoms in total. The molecule has 6 heteroatoms. The van der Waals surface area contributed by atoms with Crippen molar-refractivity contribution < 1.29 is 0 Å². The Kier molecular flexibility index (Phi) is 4.81. The maximum atomic E-state index is 6.29. The van der Waals surface area contributed by atoms with E-state index < -0.39 is 0 Å². The summed E-state index contributed by atoms with van der Waals surface area (Å²) in [5.74, 6) is 1.52. The number of thiophene rings is 1. The highest BCUT2D eigenvalue weighted by molar-refractivity contribution is 7.18. The van der Waals surface area contributed by atoms with Gasteiger partial charge in [-0.15, -0.1) is 11.3 Å². The Balaban J connectivity index is 1.73. The third-order valence-electron chi connectivity index (χ3n) is 4.01. The van der Waals surface area contributed by atoms with Crippen LogP contribution in [0.25, 0.3) is 21.6 Å². The summed E-state index contributed by atoms with van der Waals surface area (Å²) in [6.07, 6.45) is 0. The van der Waals surface area contributed by atoms with Gasteiger partial charge in [-0.1, -0.05) is 59.6 Å². The van der Waals surface area contributed by atoms with Gasteiger partial charge in [0.05, 0.1) is 5.39 Å². The minimum atomic E-state index is 0.561. The molecule has 130 valence electrons. The van der Waals surface area contributed by atoms with Crippen LogP contribution in [0.5, 0.6) is 0 Å². The van der Waals surface area contributed by atoms with Crippen molar-refractivity contribution >= 4 is 50.6 Å². The summed E-state index contributed by atoms with van der Waals surface area (Å²) in [5.41, 5.74) is 1.96. The second-order valence-electron chi connectivity index (χ2n) is 5.93. The van der Waals surface area contributed by atoms with Gasteiger partial charge in [0.1, 0.15) is 10.6 Å². The van der Waals surface area contributed by atoms with Crippen LogP contribution in [-0.4, -0.2) is 9.97 Å². The van der Waals surface area contributed by atoms with Crippen molar-refractivity contribution in [2.45, 2.75) is 13.5 Å². The standard InChI is InChI=1S/C20H15Cl2N3S/c1-12-9-16-19(23-11-14-7-8-15(21)10-17(14)22)24-18(25-20(16)26-12)13-5-3-2-4-6-13/h2-10H,11H2,1H3,(H,23,24,25). The van der Waals surface area contributed by atoms with Gasteiger partial charge in [-0.05, 0) is 30.7 Å². The highest BCUT2D eigenvalue weighted by Crippen LogP contribution is 2.31. The Morgan fingerprint density at radius 1 is 1.00 bits per heavy atom. The number of fused-ring (bicyclic) bond motifs is 1. The van der Waals surface area contributed by atoms with Crippen LogP contribution in [0.1, 0.15) is 10.4 Å². The Labute approximate surface area is 165 Å². The minimum absolute atomic E-state index is 0.561. The molecule has 0 unspecified atom stereocenters. The van der Waals surface area contributed by atoms with E-state index in [1.165, 1.54) is 4.88 Å². The predicted molar refractivity (Wildman–Crippen MR) is 111 cm³/mol. The van der Waals surface area contributed by atoms with Gasteiger partial charge in [0, 0.05) is 27.0 Å². The molecule has 26 heavy (non-hydrogen) atoms. The molecule has 0 aliphatic carbocycles. The topological polar surface area (TPSA) is 37.8 Å². The first-order chi connectivity index (χ1) is 12.6. The summed E-state index contributed by atoms with van der Waals surface area (Å²) < 4.78 is 0. The van der Waals surface area contributed by atoms with Crippen molar-refractivity contribution in [3.8, 4) is 11.4 Å². The van der Waals surface area contributed by atoms with Crippen LogP contribution < -0.4 is 5.32 Å². The van der Waals surface area contributed by atoms with Gasteiger partial charge in [0.15, 0.2) is 5.82 Å². The molecule has 2 heterocycles. The zero-order valence-electron chi connectivity index (χ0n) is 14.0. The molecule has 0 aliphatic rings. The molecule has 0 fully saturated rings. The van der Waals surface area contributed by atoms with Gasteiger partial charge in [-0.25, -0.2) is 9.97 Å². The molecule has 0 radical (unpaired) electrons. The number of nitrogens with zero attached hydrogens (tertiary/aromatic N) is 2. The van der Waals surface area contributed by atoms with E-state index in [9.17, 15) is 0 Å². The predicted octanol–water partition coefficient (Wildman–Crippen LogP) is 6.59. The average Bonchev–Trinajstić information content (AvgIpc) is 3.02. The molecule has 4 aromatic rings. The molecule has 0 atom stereocenters. The summed E-state index contributed by atoms with van der Waals surface area (Å²) in [6, 6.07) is 17.6. The number of benzene rings is 2. The van der Waals surface area contributed by atoms with E-state index in [1.807, 2.05) is 42.5 Å². The average molecular weight is 400 g/mol. The van der Waals surface area contributed by atoms with E-state index in [4.69, 9.17) is 33.2 Å². The third-order valence-corrected chi connectivity index (χ3v) is 5.54. The second-order valence-corrected chi connectivity index (χ2v) is 8.01. The molecule has 2 aromatic heterocycles. The fourth-order valence-corrected chi connectivity index (χ4v) is 4.09. The van der Waals surface area contributed by atoms with Gasteiger partial charge in [0.25, 0.3) is 0 Å². The molecular weight excluding hydrogens is 385 g/mol. The summed E-state index contributed by atoms with van der Waals surface area (Å²) in [7, 11) is 0. The lowest BCUT2D eigenvalue weighted by Crippen LogP contribution is -2.04. The first-order valence-corrected chi connectivity index (χ1v) is 9.69. The largest absolute Gasteiger partial charge is 0.365 e. The minimum Gasteiger partial charge on any atom is -0.365 e. The van der Waals surface area contributed by atoms with Crippen LogP contribution >= 0.6 is 34.5 Å². The number of rotatable bonds is 4. The molecular formula is C20H15Cl2N3S. The summed E-state index contributed by atoms with van der Waals surface area (Å²) in [4.78, 5) is 11.7. The van der Waals surface area contributed by atoms with Gasteiger partial charge in [-0.3, -0.25) is 0 Å². The molecule has 1 N–H and O–H groups in total. The maximum absolute atomic E-state index is 6.29. The highest BCUT2D eigenvalue weighted by Gasteiger charge is 2.12. The molecule has 0 amide bonds. The number of nitrogens with one attached hydrogen (secondary N) is 1. The first kappa shape index (κ1) is 17.3. The van der Waals surface area contributed by atoms with Crippen LogP contribution in [-0.2, 0) is 6.54 Å². The lowest BCUT2D eigenvalue weighted by molar-refractivity contribution is 1.11. The van der Waals surface area contributed by atoms with E-state index in [0.29, 0.717) is 22.4 Å². The van der Waals surface area contributed by atoms with Crippen molar-refractivity contribution in [2.75, 3.05) is 5.32 Å². The molecule has 0 saturated heterocycles. The normalized spacial score (nSPS) is 11.0. The van der Waals surface area contributed by atoms with Crippen molar-refractivity contribution in [3.05, 3.63) is 75.1 Å².